The zero-order chi connectivity index (χ0) is 16.0. The average Bonchev–Trinajstić information content (AvgIpc) is 3.10. The summed E-state index contributed by atoms with van der Waals surface area (Å²) >= 11 is 1.63. The third kappa shape index (κ3) is 2.50. The SMILES string of the molecule is Cc1nc2c(s1)[C@@H](OC(=O)c1ccc3c(c1)nnn3C)CCC2. The van der Waals surface area contributed by atoms with E-state index < -0.39 is 0 Å². The van der Waals surface area contributed by atoms with Crippen LogP contribution in [0.3, 0.4) is 0 Å². The normalized spacial score (nSPS) is 17.2. The van der Waals surface area contributed by atoms with Gasteiger partial charge in [0, 0.05) is 7.05 Å². The number of carbonyl (C=O) groups is 1. The lowest BCUT2D eigenvalue weighted by molar-refractivity contribution is 0.0265. The lowest BCUT2D eigenvalue weighted by atomic mass is 10.0. The first kappa shape index (κ1) is 14.3. The van der Waals surface area contributed by atoms with E-state index in [1.807, 2.05) is 20.0 Å². The lowest BCUT2D eigenvalue weighted by Gasteiger charge is -2.21. The molecule has 2 aromatic heterocycles. The third-order valence-electron chi connectivity index (χ3n) is 4.10. The number of hydrogen-bond acceptors (Lipinski definition) is 6. The Bertz CT molecular complexity index is 899. The van der Waals surface area contributed by atoms with E-state index in [0.29, 0.717) is 11.1 Å². The summed E-state index contributed by atoms with van der Waals surface area (Å²) in [6, 6.07) is 5.33. The lowest BCUT2D eigenvalue weighted by Crippen LogP contribution is -2.15. The standard InChI is InChI=1S/C16H16N4O2S/c1-9-17-11-4-3-5-14(15(11)23-9)22-16(21)10-6-7-13-12(8-10)18-19-20(13)2/h6-8,14H,3-5H2,1-2H3/t14-/m0/s1. The first-order valence-corrected chi connectivity index (χ1v) is 8.40. The van der Waals surface area contributed by atoms with E-state index in [4.69, 9.17) is 4.74 Å². The predicted octanol–water partition coefficient (Wildman–Crippen LogP) is 2.97. The van der Waals surface area contributed by atoms with Gasteiger partial charge in [-0.2, -0.15) is 0 Å². The Morgan fingerprint density at radius 3 is 3.17 bits per heavy atom. The summed E-state index contributed by atoms with van der Waals surface area (Å²) in [7, 11) is 1.82. The van der Waals surface area contributed by atoms with Crippen LogP contribution in [0.5, 0.6) is 0 Å². The van der Waals surface area contributed by atoms with Crippen LogP contribution >= 0.6 is 11.3 Å². The number of benzene rings is 1. The zero-order valence-electron chi connectivity index (χ0n) is 12.9. The van der Waals surface area contributed by atoms with Gasteiger partial charge in [-0.1, -0.05) is 5.21 Å². The highest BCUT2D eigenvalue weighted by Gasteiger charge is 2.27. The molecule has 1 aliphatic rings. The quantitative estimate of drug-likeness (QED) is 0.676. The summed E-state index contributed by atoms with van der Waals surface area (Å²) < 4.78 is 7.43. The molecule has 118 valence electrons. The second kappa shape index (κ2) is 5.42. The van der Waals surface area contributed by atoms with Crippen LogP contribution in [0.25, 0.3) is 11.0 Å². The first-order chi connectivity index (χ1) is 11.1. The Balaban J connectivity index is 1.59. The van der Waals surface area contributed by atoms with Crippen molar-refractivity contribution in [3.05, 3.63) is 39.3 Å². The second-order valence-corrected chi connectivity index (χ2v) is 6.98. The van der Waals surface area contributed by atoms with Crippen LogP contribution in [0.2, 0.25) is 0 Å². The van der Waals surface area contributed by atoms with Gasteiger partial charge in [0.2, 0.25) is 0 Å². The number of hydrogen-bond donors (Lipinski definition) is 0. The van der Waals surface area contributed by atoms with E-state index in [2.05, 4.69) is 15.3 Å². The van der Waals surface area contributed by atoms with E-state index in [-0.39, 0.29) is 12.1 Å². The predicted molar refractivity (Wildman–Crippen MR) is 86.5 cm³/mol. The molecule has 0 aliphatic heterocycles. The fourth-order valence-corrected chi connectivity index (χ4v) is 4.02. The molecule has 3 aromatic rings. The molecule has 0 radical (unpaired) electrons. The third-order valence-corrected chi connectivity index (χ3v) is 5.21. The molecule has 6 nitrogen and oxygen atoms in total. The van der Waals surface area contributed by atoms with Gasteiger partial charge in [-0.25, -0.2) is 14.5 Å². The molecule has 0 fully saturated rings. The second-order valence-electron chi connectivity index (χ2n) is 5.75. The molecule has 0 saturated heterocycles. The van der Waals surface area contributed by atoms with Gasteiger partial charge in [-0.15, -0.1) is 16.4 Å². The molecule has 1 aliphatic carbocycles. The minimum Gasteiger partial charge on any atom is -0.453 e. The minimum atomic E-state index is -0.318. The van der Waals surface area contributed by atoms with Crippen molar-refractivity contribution in [2.75, 3.05) is 0 Å². The van der Waals surface area contributed by atoms with Gasteiger partial charge in [-0.3, -0.25) is 0 Å². The number of rotatable bonds is 2. The molecular formula is C16H16N4O2S. The van der Waals surface area contributed by atoms with Gasteiger partial charge in [0.15, 0.2) is 0 Å². The fraction of sp³-hybridized carbons (Fsp3) is 0.375. The Morgan fingerprint density at radius 1 is 1.43 bits per heavy atom. The van der Waals surface area contributed by atoms with Gasteiger partial charge >= 0.3 is 5.97 Å². The molecule has 0 spiro atoms. The van der Waals surface area contributed by atoms with E-state index >= 15 is 0 Å². The number of fused-ring (bicyclic) bond motifs is 2. The maximum Gasteiger partial charge on any atom is 0.338 e. The van der Waals surface area contributed by atoms with Gasteiger partial charge in [0.25, 0.3) is 0 Å². The molecule has 0 bridgehead atoms. The highest BCUT2D eigenvalue weighted by molar-refractivity contribution is 7.11. The van der Waals surface area contributed by atoms with Crippen molar-refractivity contribution in [2.24, 2.45) is 7.05 Å². The summed E-state index contributed by atoms with van der Waals surface area (Å²) in [6.45, 7) is 1.99. The van der Waals surface area contributed by atoms with Gasteiger partial charge < -0.3 is 4.74 Å². The Kier molecular flexibility index (Phi) is 3.37. The number of ether oxygens (including phenoxy) is 1. The summed E-state index contributed by atoms with van der Waals surface area (Å²) in [5, 5.41) is 9.02. The Labute approximate surface area is 137 Å². The maximum absolute atomic E-state index is 12.5. The molecule has 0 N–H and O–H groups in total. The van der Waals surface area contributed by atoms with Crippen LogP contribution in [0, 0.1) is 6.92 Å². The molecule has 1 aromatic carbocycles. The largest absolute Gasteiger partial charge is 0.453 e. The van der Waals surface area contributed by atoms with Crippen molar-refractivity contribution in [1.82, 2.24) is 20.0 Å². The highest BCUT2D eigenvalue weighted by atomic mass is 32.1. The number of nitrogens with zero attached hydrogens (tertiary/aromatic N) is 4. The van der Waals surface area contributed by atoms with Gasteiger partial charge in [0.05, 0.1) is 26.7 Å². The van der Waals surface area contributed by atoms with Crippen LogP contribution in [0.4, 0.5) is 0 Å². The van der Waals surface area contributed by atoms with Crippen LogP contribution in [-0.2, 0) is 18.2 Å². The number of esters is 1. The summed E-state index contributed by atoms with van der Waals surface area (Å²) in [4.78, 5) is 18.1. The summed E-state index contributed by atoms with van der Waals surface area (Å²) in [5.74, 6) is -0.318. The van der Waals surface area contributed by atoms with Crippen molar-refractivity contribution in [1.29, 1.82) is 0 Å². The van der Waals surface area contributed by atoms with Crippen LogP contribution in [0.15, 0.2) is 18.2 Å². The number of aryl methyl sites for hydroxylation is 3. The molecule has 0 saturated carbocycles. The molecule has 1 atom stereocenters. The fourth-order valence-electron chi connectivity index (χ4n) is 2.98. The number of thiazole rings is 1. The van der Waals surface area contributed by atoms with Gasteiger partial charge in [0.1, 0.15) is 11.6 Å². The molecule has 7 heteroatoms. The topological polar surface area (TPSA) is 69.9 Å². The smallest absolute Gasteiger partial charge is 0.338 e. The van der Waals surface area contributed by atoms with Crippen LogP contribution < -0.4 is 0 Å². The molecule has 4 rings (SSSR count). The number of carbonyl (C=O) groups excluding carboxylic acids is 1. The van der Waals surface area contributed by atoms with Crippen molar-refractivity contribution in [3.8, 4) is 0 Å². The van der Waals surface area contributed by atoms with Crippen molar-refractivity contribution in [3.63, 3.8) is 0 Å². The van der Waals surface area contributed by atoms with Crippen LogP contribution in [0.1, 0.15) is 44.9 Å². The highest BCUT2D eigenvalue weighted by Crippen LogP contribution is 2.36. The zero-order valence-corrected chi connectivity index (χ0v) is 13.8. The number of aromatic nitrogens is 4. The molecule has 2 heterocycles. The van der Waals surface area contributed by atoms with E-state index in [0.717, 1.165) is 40.4 Å². The monoisotopic (exact) mass is 328 g/mol. The molecule has 0 amide bonds. The van der Waals surface area contributed by atoms with Gasteiger partial charge in [-0.05, 0) is 44.4 Å². The Morgan fingerprint density at radius 2 is 2.30 bits per heavy atom. The van der Waals surface area contributed by atoms with E-state index in [1.54, 1.807) is 28.2 Å². The van der Waals surface area contributed by atoms with Crippen molar-refractivity contribution in [2.45, 2.75) is 32.3 Å². The van der Waals surface area contributed by atoms with Crippen molar-refractivity contribution >= 4 is 28.3 Å². The molecular weight excluding hydrogens is 312 g/mol. The molecule has 23 heavy (non-hydrogen) atoms. The van der Waals surface area contributed by atoms with Crippen LogP contribution in [-0.4, -0.2) is 25.9 Å². The molecule has 0 unspecified atom stereocenters. The van der Waals surface area contributed by atoms with Crippen molar-refractivity contribution < 1.29 is 9.53 Å². The summed E-state index contributed by atoms with van der Waals surface area (Å²) in [6.07, 6.45) is 2.64. The Hall–Kier alpha value is -2.28. The average molecular weight is 328 g/mol. The van der Waals surface area contributed by atoms with E-state index in [9.17, 15) is 4.79 Å². The maximum atomic E-state index is 12.5. The minimum absolute atomic E-state index is 0.185. The van der Waals surface area contributed by atoms with E-state index in [1.165, 1.54) is 0 Å². The summed E-state index contributed by atoms with van der Waals surface area (Å²) in [5.41, 5.74) is 3.17. The first-order valence-electron chi connectivity index (χ1n) is 7.58.